The molecule has 3 aromatic rings. The summed E-state index contributed by atoms with van der Waals surface area (Å²) in [5.74, 6) is -0.167. The minimum absolute atomic E-state index is 0.00394. The number of hydrogen-bond donors (Lipinski definition) is 1. The van der Waals surface area contributed by atoms with Crippen LogP contribution in [0.2, 0.25) is 10.0 Å². The van der Waals surface area contributed by atoms with E-state index in [9.17, 15) is 13.2 Å². The summed E-state index contributed by atoms with van der Waals surface area (Å²) >= 11 is 12.2. The van der Waals surface area contributed by atoms with E-state index >= 15 is 0 Å². The van der Waals surface area contributed by atoms with Gasteiger partial charge in [-0.25, -0.2) is 23.1 Å². The maximum Gasteiger partial charge on any atom is 0.283 e. The summed E-state index contributed by atoms with van der Waals surface area (Å²) in [4.78, 5) is 21.0. The van der Waals surface area contributed by atoms with Gasteiger partial charge in [-0.05, 0) is 43.2 Å². The van der Waals surface area contributed by atoms with E-state index in [1.807, 2.05) is 24.5 Å². The van der Waals surface area contributed by atoms with E-state index < -0.39 is 15.9 Å². The number of benzene rings is 1. The highest BCUT2D eigenvalue weighted by Gasteiger charge is 2.19. The number of amides is 1. The largest absolute Gasteiger partial charge is 0.322 e. The smallest absolute Gasteiger partial charge is 0.283 e. The average molecular weight is 469 g/mol. The Morgan fingerprint density at radius 1 is 1.13 bits per heavy atom. The Labute approximate surface area is 185 Å². The van der Waals surface area contributed by atoms with Gasteiger partial charge in [0, 0.05) is 10.0 Å². The van der Waals surface area contributed by atoms with Gasteiger partial charge in [-0.2, -0.15) is 0 Å². The number of imidazole rings is 1. The number of aryl methyl sites for hydroxylation is 1. The van der Waals surface area contributed by atoms with Crippen LogP contribution in [0.1, 0.15) is 48.1 Å². The van der Waals surface area contributed by atoms with Crippen molar-refractivity contribution in [3.63, 3.8) is 0 Å². The first-order valence-corrected chi connectivity index (χ1v) is 11.9. The molecule has 3 rings (SSSR count). The zero-order valence-corrected chi connectivity index (χ0v) is 19.0. The lowest BCUT2D eigenvalue weighted by molar-refractivity contribution is 0.0977. The van der Waals surface area contributed by atoms with Gasteiger partial charge in [0.25, 0.3) is 5.91 Å². The summed E-state index contributed by atoms with van der Waals surface area (Å²) < 4.78 is 28.1. The first-order valence-electron chi connectivity index (χ1n) is 9.53. The van der Waals surface area contributed by atoms with E-state index in [1.54, 1.807) is 18.2 Å². The second-order valence-electron chi connectivity index (χ2n) is 6.98. The molecule has 0 aliphatic heterocycles. The highest BCUT2D eigenvalue weighted by atomic mass is 35.5. The molecule has 0 saturated carbocycles. The molecule has 0 bridgehead atoms. The fraction of sp³-hybridized carbons (Fsp3) is 0.350. The Morgan fingerprint density at radius 2 is 1.90 bits per heavy atom. The fourth-order valence-electron chi connectivity index (χ4n) is 3.05. The topological polar surface area (TPSA) is 93.9 Å². The number of fused-ring (bicyclic) bond motifs is 1. The number of sulfonamides is 1. The van der Waals surface area contributed by atoms with Crippen LogP contribution in [-0.2, 0) is 16.6 Å². The molecule has 2 heterocycles. The second kappa shape index (κ2) is 9.32. The quantitative estimate of drug-likeness (QED) is 0.496. The number of rotatable bonds is 8. The molecule has 1 aromatic carbocycles. The summed E-state index contributed by atoms with van der Waals surface area (Å²) in [7, 11) is -3.70. The monoisotopic (exact) mass is 468 g/mol. The summed E-state index contributed by atoms with van der Waals surface area (Å²) in [6.45, 7) is 4.26. The number of carbonyl (C=O) groups is 1. The SMILES string of the molecule is CCCCCS(=O)(=O)NC(=O)c1ccc2c(n1)nc(C)n2Cc1ccc(Cl)cc1Cl. The van der Waals surface area contributed by atoms with Crippen molar-refractivity contribution in [1.82, 2.24) is 19.3 Å². The lowest BCUT2D eigenvalue weighted by Gasteiger charge is -2.09. The third-order valence-electron chi connectivity index (χ3n) is 4.64. The maximum atomic E-state index is 12.4. The zero-order chi connectivity index (χ0) is 21.9. The Bertz CT molecular complexity index is 1190. The first kappa shape index (κ1) is 22.5. The Kier molecular flexibility index (Phi) is 7.00. The molecule has 0 saturated heterocycles. The summed E-state index contributed by atoms with van der Waals surface area (Å²) in [5, 5.41) is 1.10. The predicted octanol–water partition coefficient (Wildman–Crippen LogP) is 4.34. The molecule has 0 atom stereocenters. The molecule has 0 aliphatic carbocycles. The van der Waals surface area contributed by atoms with E-state index in [2.05, 4.69) is 14.7 Å². The number of aromatic nitrogens is 3. The van der Waals surface area contributed by atoms with E-state index in [-0.39, 0.29) is 11.4 Å². The molecule has 10 heteroatoms. The van der Waals surface area contributed by atoms with Gasteiger partial charge < -0.3 is 4.57 Å². The number of carbonyl (C=O) groups excluding carboxylic acids is 1. The zero-order valence-electron chi connectivity index (χ0n) is 16.7. The van der Waals surface area contributed by atoms with Crippen molar-refractivity contribution in [2.75, 3.05) is 5.75 Å². The van der Waals surface area contributed by atoms with Gasteiger partial charge in [-0.1, -0.05) is 49.0 Å². The lowest BCUT2D eigenvalue weighted by atomic mass is 10.2. The van der Waals surface area contributed by atoms with Crippen molar-refractivity contribution in [2.24, 2.45) is 0 Å². The van der Waals surface area contributed by atoms with Crippen molar-refractivity contribution in [3.8, 4) is 0 Å². The number of halogens is 2. The summed E-state index contributed by atoms with van der Waals surface area (Å²) in [6, 6.07) is 8.47. The number of unbranched alkanes of at least 4 members (excludes halogenated alkanes) is 2. The molecule has 0 radical (unpaired) electrons. The van der Waals surface area contributed by atoms with Gasteiger partial charge in [0.2, 0.25) is 10.0 Å². The number of nitrogens with zero attached hydrogens (tertiary/aromatic N) is 3. The van der Waals surface area contributed by atoms with Crippen molar-refractivity contribution in [3.05, 3.63) is 57.5 Å². The summed E-state index contributed by atoms with van der Waals surface area (Å²) in [5.41, 5.74) is 1.92. The van der Waals surface area contributed by atoms with Gasteiger partial charge in [0.05, 0.1) is 17.8 Å². The number of pyridine rings is 1. The molecule has 2 aromatic heterocycles. The Morgan fingerprint density at radius 3 is 2.60 bits per heavy atom. The van der Waals surface area contributed by atoms with Crippen LogP contribution in [0.15, 0.2) is 30.3 Å². The van der Waals surface area contributed by atoms with Crippen molar-refractivity contribution in [2.45, 2.75) is 39.7 Å². The van der Waals surface area contributed by atoms with E-state index in [4.69, 9.17) is 23.2 Å². The Hall–Kier alpha value is -2.16. The molecule has 0 unspecified atom stereocenters. The summed E-state index contributed by atoms with van der Waals surface area (Å²) in [6.07, 6.45) is 2.18. The molecule has 30 heavy (non-hydrogen) atoms. The van der Waals surface area contributed by atoms with Gasteiger partial charge in [0.15, 0.2) is 5.65 Å². The molecule has 1 N–H and O–H groups in total. The maximum absolute atomic E-state index is 12.4. The molecular formula is C20H22Cl2N4O3S. The molecular weight excluding hydrogens is 447 g/mol. The van der Waals surface area contributed by atoms with Gasteiger partial charge in [-0.3, -0.25) is 4.79 Å². The molecule has 0 spiro atoms. The lowest BCUT2D eigenvalue weighted by Crippen LogP contribution is -2.33. The highest BCUT2D eigenvalue weighted by Crippen LogP contribution is 2.24. The second-order valence-corrected chi connectivity index (χ2v) is 9.66. The molecule has 0 aliphatic rings. The fourth-order valence-corrected chi connectivity index (χ4v) is 4.60. The van der Waals surface area contributed by atoms with Crippen LogP contribution in [0.5, 0.6) is 0 Å². The minimum Gasteiger partial charge on any atom is -0.322 e. The molecule has 1 amide bonds. The minimum atomic E-state index is -3.70. The third kappa shape index (κ3) is 5.30. The number of hydrogen-bond acceptors (Lipinski definition) is 5. The van der Waals surface area contributed by atoms with Gasteiger partial charge in [0.1, 0.15) is 11.5 Å². The highest BCUT2D eigenvalue weighted by molar-refractivity contribution is 7.90. The van der Waals surface area contributed by atoms with Crippen LogP contribution >= 0.6 is 23.2 Å². The van der Waals surface area contributed by atoms with Crippen LogP contribution in [0.3, 0.4) is 0 Å². The van der Waals surface area contributed by atoms with Crippen LogP contribution in [0.25, 0.3) is 11.2 Å². The van der Waals surface area contributed by atoms with Crippen LogP contribution in [0.4, 0.5) is 0 Å². The first-order chi connectivity index (χ1) is 14.2. The van der Waals surface area contributed by atoms with Crippen molar-refractivity contribution in [1.29, 1.82) is 0 Å². The number of nitrogens with one attached hydrogen (secondary N) is 1. The van der Waals surface area contributed by atoms with E-state index in [0.717, 1.165) is 18.4 Å². The third-order valence-corrected chi connectivity index (χ3v) is 6.55. The average Bonchev–Trinajstić information content (AvgIpc) is 2.98. The van der Waals surface area contributed by atoms with Crippen LogP contribution < -0.4 is 4.72 Å². The molecule has 0 fully saturated rings. The van der Waals surface area contributed by atoms with Gasteiger partial charge in [-0.15, -0.1) is 0 Å². The molecule has 160 valence electrons. The van der Waals surface area contributed by atoms with E-state index in [1.165, 1.54) is 6.07 Å². The predicted molar refractivity (Wildman–Crippen MR) is 119 cm³/mol. The molecule has 7 nitrogen and oxygen atoms in total. The van der Waals surface area contributed by atoms with Crippen LogP contribution in [0, 0.1) is 6.92 Å². The normalized spacial score (nSPS) is 11.7. The Balaban J connectivity index is 1.83. The van der Waals surface area contributed by atoms with E-state index in [0.29, 0.717) is 40.0 Å². The van der Waals surface area contributed by atoms with Crippen molar-refractivity contribution >= 4 is 50.3 Å². The standard InChI is InChI=1S/C20H22Cl2N4O3S/c1-3-4-5-10-30(28,29)25-20(27)17-8-9-18-19(24-17)23-13(2)26(18)12-14-6-7-15(21)11-16(14)22/h6-9,11H,3-5,10,12H2,1-2H3,(H,25,27). The van der Waals surface area contributed by atoms with Crippen molar-refractivity contribution < 1.29 is 13.2 Å². The van der Waals surface area contributed by atoms with Crippen LogP contribution in [-0.4, -0.2) is 34.6 Å². The van der Waals surface area contributed by atoms with Gasteiger partial charge >= 0.3 is 0 Å².